The van der Waals surface area contributed by atoms with Crippen LogP contribution >= 0.6 is 0 Å². The molecule has 0 unspecified atom stereocenters. The lowest BCUT2D eigenvalue weighted by atomic mass is 9.48. The van der Waals surface area contributed by atoms with Crippen LogP contribution in [0, 0.1) is 53.3 Å². The van der Waals surface area contributed by atoms with Crippen molar-refractivity contribution in [3.8, 4) is 0 Å². The summed E-state index contributed by atoms with van der Waals surface area (Å²) in [6, 6.07) is 103. The Morgan fingerprint density at radius 1 is 0.206 bits per heavy atom. The van der Waals surface area contributed by atoms with Crippen molar-refractivity contribution in [1.82, 2.24) is 0 Å². The molecule has 3 aromatic heterocycles. The van der Waals surface area contributed by atoms with Crippen LogP contribution < -0.4 is 14.7 Å². The quantitative estimate of drug-likeness (QED) is 0.102. The third kappa shape index (κ3) is 14.2. The highest BCUT2D eigenvalue weighted by Gasteiger charge is 2.54. The number of hydrogen-bond donors (Lipinski definition) is 0. The molecule has 0 radical (unpaired) electrons. The summed E-state index contributed by atoms with van der Waals surface area (Å²) in [7, 11) is 0. The first kappa shape index (κ1) is 77.8. The van der Waals surface area contributed by atoms with E-state index in [-0.39, 0.29) is 0 Å². The summed E-state index contributed by atoms with van der Waals surface area (Å²) >= 11 is 0. The summed E-state index contributed by atoms with van der Waals surface area (Å²) in [5.74, 6) is 10.8. The minimum absolute atomic E-state index is 0.415. The average molecular weight is 1660 g/mol. The molecule has 15 fully saturated rings. The lowest BCUT2D eigenvalue weighted by molar-refractivity contribution is -0.00530. The van der Waals surface area contributed by atoms with Gasteiger partial charge in [0.15, 0.2) is 5.58 Å². The van der Waals surface area contributed by atoms with Crippen molar-refractivity contribution in [2.45, 2.75) is 246 Å². The second-order valence-electron chi connectivity index (χ2n) is 42.8. The zero-order valence-corrected chi connectivity index (χ0v) is 73.8. The maximum absolute atomic E-state index is 6.57. The van der Waals surface area contributed by atoms with Gasteiger partial charge in [-0.3, -0.25) is 0 Å². The van der Waals surface area contributed by atoms with Gasteiger partial charge in [-0.25, -0.2) is 0 Å². The van der Waals surface area contributed by atoms with Crippen molar-refractivity contribution in [2.24, 2.45) is 53.3 Å². The molecule has 6 nitrogen and oxygen atoms in total. The highest BCUT2D eigenvalue weighted by Crippen LogP contribution is 2.65. The SMILES string of the molecule is c1ccc2c(c1)oc1c(N(c3ccc(C4CCCCC4)cc3)c3ccc(C45CC6CC(CC(C6)C4)C5)cc3)cccc12.c1ccc2c(c1)oc1cc(N(c3ccc(C4CCCCC4)cc3)c3ccc(C45CC6CC(CC(C6)C4)C5)cc3)ccc12.c1ccc2c(c1)oc1ccc(N(c3ccc(C4CCCCC4)cc3)c3ccc(C45CC6CC(CC(C6)C4)C5)cc3)cc12. The van der Waals surface area contributed by atoms with Gasteiger partial charge < -0.3 is 28.0 Å². The molecule has 15 saturated carbocycles. The Morgan fingerprint density at radius 3 is 0.865 bits per heavy atom. The molecule has 30 rings (SSSR count). The zero-order chi connectivity index (χ0) is 83.0. The lowest BCUT2D eigenvalue weighted by Crippen LogP contribution is -2.48. The maximum atomic E-state index is 6.57. The fraction of sp³-hybridized carbons (Fsp3) is 0.400. The van der Waals surface area contributed by atoms with Gasteiger partial charge in [0.05, 0.1) is 5.69 Å². The van der Waals surface area contributed by atoms with Crippen LogP contribution in [-0.4, -0.2) is 0 Å². The van der Waals surface area contributed by atoms with E-state index in [9.17, 15) is 0 Å². The number of hydrogen-bond acceptors (Lipinski definition) is 6. The molecule has 0 saturated heterocycles. The Kier molecular flexibility index (Phi) is 19.8. The Hall–Kier alpha value is -10.6. The number of fused-ring (bicyclic) bond motifs is 9. The van der Waals surface area contributed by atoms with E-state index in [1.54, 1.807) is 16.7 Å². The molecule has 15 aliphatic rings. The second-order valence-corrected chi connectivity index (χ2v) is 42.8. The second kappa shape index (κ2) is 32.0. The van der Waals surface area contributed by atoms with Crippen LogP contribution in [0.5, 0.6) is 0 Å². The Balaban J connectivity index is 0.000000103. The molecule has 0 aliphatic heterocycles. The molecule has 0 spiro atoms. The molecule has 636 valence electrons. The fourth-order valence-electron chi connectivity index (χ4n) is 30.2. The first-order valence-corrected chi connectivity index (χ1v) is 49.9. The van der Waals surface area contributed by atoms with Gasteiger partial charge in [-0.1, -0.05) is 197 Å². The zero-order valence-electron chi connectivity index (χ0n) is 73.8. The summed E-state index contributed by atoms with van der Waals surface area (Å²) in [6.07, 6.45) is 46.5. The largest absolute Gasteiger partial charge is 0.456 e. The molecule has 12 bridgehead atoms. The van der Waals surface area contributed by atoms with Crippen molar-refractivity contribution < 1.29 is 13.3 Å². The Morgan fingerprint density at radius 2 is 0.484 bits per heavy atom. The molecule has 3 heterocycles. The smallest absolute Gasteiger partial charge is 0.159 e. The van der Waals surface area contributed by atoms with Crippen molar-refractivity contribution in [3.63, 3.8) is 0 Å². The predicted octanol–water partition coefficient (Wildman–Crippen LogP) is 34.7. The van der Waals surface area contributed by atoms with E-state index < -0.39 is 0 Å². The Bertz CT molecular complexity index is 6340. The van der Waals surface area contributed by atoms with Gasteiger partial charge in [0.2, 0.25) is 0 Å². The van der Waals surface area contributed by atoms with Crippen molar-refractivity contribution in [2.75, 3.05) is 14.7 Å². The van der Waals surface area contributed by atoms with E-state index in [0.717, 1.165) is 104 Å². The topological polar surface area (TPSA) is 49.1 Å². The third-order valence-corrected chi connectivity index (χ3v) is 34.9. The van der Waals surface area contributed by atoms with Gasteiger partial charge in [-0.2, -0.15) is 0 Å². The lowest BCUT2D eigenvalue weighted by Gasteiger charge is -2.57. The number of para-hydroxylation sites is 4. The van der Waals surface area contributed by atoms with Crippen LogP contribution in [0.4, 0.5) is 51.2 Å². The summed E-state index contributed by atoms with van der Waals surface area (Å²) in [5, 5.41) is 7.08. The number of furan rings is 3. The highest BCUT2D eigenvalue weighted by molar-refractivity contribution is 6.11. The maximum Gasteiger partial charge on any atom is 0.159 e. The molecule has 126 heavy (non-hydrogen) atoms. The van der Waals surface area contributed by atoms with E-state index in [0.29, 0.717) is 28.1 Å². The molecule has 12 aromatic carbocycles. The number of rotatable bonds is 15. The van der Waals surface area contributed by atoms with Gasteiger partial charge in [-0.05, 0) is 402 Å². The molecule has 15 aromatic rings. The molecule has 0 amide bonds. The molecular weight excluding hydrogens is 1530 g/mol. The summed E-state index contributed by atoms with van der Waals surface area (Å²) in [5.41, 5.74) is 27.0. The van der Waals surface area contributed by atoms with Crippen LogP contribution in [0.15, 0.2) is 286 Å². The van der Waals surface area contributed by atoms with Gasteiger partial charge in [-0.15, -0.1) is 0 Å². The Labute approximate surface area is 745 Å². The molecule has 0 N–H and O–H groups in total. The van der Waals surface area contributed by atoms with Crippen LogP contribution in [-0.2, 0) is 16.2 Å². The molecule has 6 heteroatoms. The van der Waals surface area contributed by atoms with Gasteiger partial charge in [0.25, 0.3) is 0 Å². The van der Waals surface area contributed by atoms with Gasteiger partial charge in [0, 0.05) is 83.9 Å². The minimum Gasteiger partial charge on any atom is -0.456 e. The van der Waals surface area contributed by atoms with Crippen molar-refractivity contribution in [3.05, 3.63) is 306 Å². The molecular formula is C120H123N3O3. The van der Waals surface area contributed by atoms with Crippen LogP contribution in [0.25, 0.3) is 65.8 Å². The fourth-order valence-corrected chi connectivity index (χ4v) is 30.2. The minimum atomic E-state index is 0.415. The van der Waals surface area contributed by atoms with Crippen LogP contribution in [0.1, 0.15) is 263 Å². The van der Waals surface area contributed by atoms with E-state index >= 15 is 0 Å². The third-order valence-electron chi connectivity index (χ3n) is 34.9. The molecule has 15 aliphatic carbocycles. The first-order valence-electron chi connectivity index (χ1n) is 49.9. The summed E-state index contributed by atoms with van der Waals surface area (Å²) in [4.78, 5) is 7.31. The van der Waals surface area contributed by atoms with E-state index in [2.05, 4.69) is 288 Å². The number of anilines is 9. The summed E-state index contributed by atoms with van der Waals surface area (Å²) in [6.45, 7) is 0. The highest BCUT2D eigenvalue weighted by atomic mass is 16.3. The summed E-state index contributed by atoms with van der Waals surface area (Å²) < 4.78 is 19.1. The molecule has 0 atom stereocenters. The average Bonchev–Trinajstić information content (AvgIpc) is 1.09. The van der Waals surface area contributed by atoms with Crippen LogP contribution in [0.3, 0.4) is 0 Å². The van der Waals surface area contributed by atoms with E-state index in [1.165, 1.54) is 301 Å². The van der Waals surface area contributed by atoms with E-state index in [4.69, 9.17) is 13.3 Å². The predicted molar refractivity (Wildman–Crippen MR) is 522 cm³/mol. The first-order chi connectivity index (χ1) is 62.1. The van der Waals surface area contributed by atoms with Crippen molar-refractivity contribution >= 4 is 117 Å². The standard InChI is InChI=1S/3C40H41NO/c1-2-7-30(8-3-1)31-13-17-33(18-14-31)41(37-11-6-10-36-35-9-4-5-12-38(35)42-39(36)37)34-19-15-32(16-20-34)40-24-27-21-28(25-40)23-29(22-27)26-40;1-2-6-30(7-3-1)31-10-14-33(15-11-31)41(35-18-19-39-37(23-35)36-8-4-5-9-38(36)42-39)34-16-12-32(13-17-34)40-24-27-20-28(25-40)22-29(21-27)26-40;1-2-6-30(7-3-1)31-10-14-33(15-11-31)41(35-18-19-37-36-8-4-5-9-38(36)42-39(37)23-35)34-16-12-32(13-17-34)40-24-27-20-28(25-40)22-29(21-27)26-40/h4-6,9-20,27-30H,1-3,7-8,21-26H2;2*4-5,8-19,23,27-30H,1-3,6-7,20-22,24-26H2. The normalized spacial score (nSPS) is 27.2. The van der Waals surface area contributed by atoms with Gasteiger partial charge >= 0.3 is 0 Å². The van der Waals surface area contributed by atoms with Crippen molar-refractivity contribution in [1.29, 1.82) is 0 Å². The number of nitrogens with zero attached hydrogens (tertiary/aromatic N) is 3. The van der Waals surface area contributed by atoms with E-state index in [1.807, 2.05) is 0 Å². The number of benzene rings is 12. The monoisotopic (exact) mass is 1650 g/mol. The van der Waals surface area contributed by atoms with Gasteiger partial charge in [0.1, 0.15) is 27.9 Å². The van der Waals surface area contributed by atoms with Crippen LogP contribution in [0.2, 0.25) is 0 Å².